The molecule has 130 valence electrons. The Balaban J connectivity index is 1.76. The van der Waals surface area contributed by atoms with Crippen molar-refractivity contribution in [2.24, 2.45) is 5.73 Å². The molecule has 25 heavy (non-hydrogen) atoms. The van der Waals surface area contributed by atoms with Crippen molar-refractivity contribution < 1.29 is 19.4 Å². The monoisotopic (exact) mass is 340 g/mol. The number of rotatable bonds is 5. The van der Waals surface area contributed by atoms with Gasteiger partial charge in [0.05, 0.1) is 6.04 Å². The van der Waals surface area contributed by atoms with Crippen molar-refractivity contribution in [2.45, 2.75) is 31.5 Å². The number of carboxylic acid groups (broad SMARTS) is 1. The van der Waals surface area contributed by atoms with Crippen molar-refractivity contribution in [3.63, 3.8) is 0 Å². The van der Waals surface area contributed by atoms with Gasteiger partial charge in [-0.25, -0.2) is 4.79 Å². The fourth-order valence-electron chi connectivity index (χ4n) is 3.24. The normalized spacial score (nSPS) is 19.6. The minimum Gasteiger partial charge on any atom is -0.489 e. The number of likely N-dealkylation sites (tertiary alicyclic amines) is 1. The van der Waals surface area contributed by atoms with Crippen LogP contribution in [0, 0.1) is 0 Å². The van der Waals surface area contributed by atoms with Gasteiger partial charge in [-0.05, 0) is 36.1 Å². The van der Waals surface area contributed by atoms with Crippen molar-refractivity contribution in [1.82, 2.24) is 4.90 Å². The van der Waals surface area contributed by atoms with E-state index in [0.29, 0.717) is 25.2 Å². The maximum absolute atomic E-state index is 11.6. The number of hydrogen-bond acceptors (Lipinski definition) is 3. The minimum absolute atomic E-state index is 0.393. The molecular formula is C19H20N2O4. The average molecular weight is 340 g/mol. The number of amides is 2. The maximum atomic E-state index is 11.6. The molecule has 2 aromatic carbocycles. The van der Waals surface area contributed by atoms with Gasteiger partial charge in [-0.1, -0.05) is 42.5 Å². The number of benzene rings is 2. The molecular weight excluding hydrogens is 320 g/mol. The number of nitrogens with zero attached hydrogens (tertiary/aromatic N) is 1. The Kier molecular flexibility index (Phi) is 4.88. The molecule has 1 saturated heterocycles. The van der Waals surface area contributed by atoms with Crippen LogP contribution in [0.3, 0.4) is 0 Å². The molecule has 1 aliphatic heterocycles. The Hall–Kier alpha value is -3.02. The van der Waals surface area contributed by atoms with Gasteiger partial charge in [-0.3, -0.25) is 9.69 Å². The van der Waals surface area contributed by atoms with E-state index in [0.717, 1.165) is 16.0 Å². The average Bonchev–Trinajstić information content (AvgIpc) is 3.07. The predicted molar refractivity (Wildman–Crippen MR) is 92.0 cm³/mol. The Morgan fingerprint density at radius 2 is 1.88 bits per heavy atom. The minimum atomic E-state index is -1.14. The van der Waals surface area contributed by atoms with Gasteiger partial charge < -0.3 is 15.6 Å². The highest BCUT2D eigenvalue weighted by atomic mass is 16.5. The van der Waals surface area contributed by atoms with Crippen molar-refractivity contribution in [3.05, 3.63) is 65.7 Å². The van der Waals surface area contributed by atoms with Gasteiger partial charge in [-0.2, -0.15) is 0 Å². The molecule has 0 spiro atoms. The van der Waals surface area contributed by atoms with Crippen LogP contribution in [-0.2, 0) is 11.4 Å². The Morgan fingerprint density at radius 1 is 1.12 bits per heavy atom. The summed E-state index contributed by atoms with van der Waals surface area (Å²) in [7, 11) is 0. The molecule has 3 N–H and O–H groups in total. The van der Waals surface area contributed by atoms with E-state index in [1.54, 1.807) is 0 Å². The van der Waals surface area contributed by atoms with Crippen LogP contribution >= 0.6 is 0 Å². The van der Waals surface area contributed by atoms with Crippen LogP contribution in [0.2, 0.25) is 0 Å². The third-order valence-corrected chi connectivity index (χ3v) is 4.43. The molecule has 3 rings (SSSR count). The van der Waals surface area contributed by atoms with E-state index in [-0.39, 0.29) is 0 Å². The third-order valence-electron chi connectivity index (χ3n) is 4.43. The summed E-state index contributed by atoms with van der Waals surface area (Å²) in [5, 5.41) is 9.47. The maximum Gasteiger partial charge on any atom is 0.408 e. The molecule has 1 aliphatic rings. The second kappa shape index (κ2) is 7.25. The molecule has 0 unspecified atom stereocenters. The standard InChI is InChI=1S/C19H20N2O4/c20-18(22)17-10-9-16(21(17)19(23)24)14-7-4-8-15(11-14)25-12-13-5-2-1-3-6-13/h1-8,11,16-17H,9-10,12H2,(H2,20,22)(H,23,24)/t16-,17+/m1/s1. The zero-order chi connectivity index (χ0) is 17.8. The molecule has 2 atom stereocenters. The van der Waals surface area contributed by atoms with Crippen molar-refractivity contribution in [3.8, 4) is 5.75 Å². The fraction of sp³-hybridized carbons (Fsp3) is 0.263. The zero-order valence-corrected chi connectivity index (χ0v) is 13.7. The van der Waals surface area contributed by atoms with E-state index < -0.39 is 24.1 Å². The largest absolute Gasteiger partial charge is 0.489 e. The first-order chi connectivity index (χ1) is 12.1. The molecule has 6 heteroatoms. The van der Waals surface area contributed by atoms with Gasteiger partial charge in [0.1, 0.15) is 18.4 Å². The van der Waals surface area contributed by atoms with Gasteiger partial charge >= 0.3 is 6.09 Å². The summed E-state index contributed by atoms with van der Waals surface area (Å²) in [5.74, 6) is 0.0515. The third kappa shape index (κ3) is 3.74. The quantitative estimate of drug-likeness (QED) is 0.875. The predicted octanol–water partition coefficient (Wildman–Crippen LogP) is 2.93. The molecule has 0 aliphatic carbocycles. The number of ether oxygens (including phenoxy) is 1. The Bertz CT molecular complexity index is 763. The van der Waals surface area contributed by atoms with Gasteiger partial charge in [0.15, 0.2) is 0 Å². The molecule has 0 radical (unpaired) electrons. The highest BCUT2D eigenvalue weighted by molar-refractivity contribution is 5.84. The number of carbonyl (C=O) groups is 2. The smallest absolute Gasteiger partial charge is 0.408 e. The van der Waals surface area contributed by atoms with Gasteiger partial charge in [0.2, 0.25) is 5.91 Å². The summed E-state index contributed by atoms with van der Waals surface area (Å²) in [6.45, 7) is 0.432. The van der Waals surface area contributed by atoms with Crippen LogP contribution < -0.4 is 10.5 Å². The first kappa shape index (κ1) is 16.8. The highest BCUT2D eigenvalue weighted by Crippen LogP contribution is 2.37. The van der Waals surface area contributed by atoms with E-state index in [1.807, 2.05) is 54.6 Å². The Morgan fingerprint density at radius 3 is 2.56 bits per heavy atom. The lowest BCUT2D eigenvalue weighted by Gasteiger charge is -2.26. The van der Waals surface area contributed by atoms with E-state index in [9.17, 15) is 14.7 Å². The van der Waals surface area contributed by atoms with Crippen molar-refractivity contribution >= 4 is 12.0 Å². The first-order valence-corrected chi connectivity index (χ1v) is 8.13. The molecule has 6 nitrogen and oxygen atoms in total. The lowest BCUT2D eigenvalue weighted by Crippen LogP contribution is -2.44. The van der Waals surface area contributed by atoms with Crippen LogP contribution in [-0.4, -0.2) is 28.0 Å². The first-order valence-electron chi connectivity index (χ1n) is 8.13. The number of hydrogen-bond donors (Lipinski definition) is 2. The highest BCUT2D eigenvalue weighted by Gasteiger charge is 2.40. The number of carbonyl (C=O) groups excluding carboxylic acids is 1. The summed E-state index contributed by atoms with van der Waals surface area (Å²) in [6.07, 6.45) is -0.148. The SMILES string of the molecule is NC(=O)[C@@H]1CC[C@H](c2cccc(OCc3ccccc3)c2)N1C(=O)O. The summed E-state index contributed by atoms with van der Waals surface area (Å²) < 4.78 is 5.80. The second-order valence-electron chi connectivity index (χ2n) is 6.05. The second-order valence-corrected chi connectivity index (χ2v) is 6.05. The van der Waals surface area contributed by atoms with Crippen molar-refractivity contribution in [2.75, 3.05) is 0 Å². The summed E-state index contributed by atoms with van der Waals surface area (Å²) in [5.41, 5.74) is 7.19. The van der Waals surface area contributed by atoms with E-state index in [1.165, 1.54) is 0 Å². The summed E-state index contributed by atoms with van der Waals surface area (Å²) in [6, 6.07) is 15.9. The van der Waals surface area contributed by atoms with Crippen LogP contribution in [0.1, 0.15) is 30.0 Å². The molecule has 0 saturated carbocycles. The molecule has 2 aromatic rings. The number of nitrogens with two attached hydrogens (primary N) is 1. The lowest BCUT2D eigenvalue weighted by atomic mass is 10.0. The molecule has 2 amide bonds. The van der Waals surface area contributed by atoms with E-state index >= 15 is 0 Å². The van der Waals surface area contributed by atoms with Crippen LogP contribution in [0.15, 0.2) is 54.6 Å². The summed E-state index contributed by atoms with van der Waals surface area (Å²) in [4.78, 5) is 24.2. The summed E-state index contributed by atoms with van der Waals surface area (Å²) >= 11 is 0. The topological polar surface area (TPSA) is 92.9 Å². The fourth-order valence-corrected chi connectivity index (χ4v) is 3.24. The lowest BCUT2D eigenvalue weighted by molar-refractivity contribution is -0.122. The van der Waals surface area contributed by atoms with E-state index in [4.69, 9.17) is 10.5 Å². The molecule has 0 bridgehead atoms. The van der Waals surface area contributed by atoms with Crippen molar-refractivity contribution in [1.29, 1.82) is 0 Å². The van der Waals surface area contributed by atoms with Crippen LogP contribution in [0.4, 0.5) is 4.79 Å². The molecule has 1 fully saturated rings. The molecule has 0 aromatic heterocycles. The van der Waals surface area contributed by atoms with Gasteiger partial charge in [-0.15, -0.1) is 0 Å². The van der Waals surface area contributed by atoms with Crippen LogP contribution in [0.5, 0.6) is 5.75 Å². The Labute approximate surface area is 145 Å². The van der Waals surface area contributed by atoms with Crippen LogP contribution in [0.25, 0.3) is 0 Å². The number of primary amides is 1. The van der Waals surface area contributed by atoms with E-state index in [2.05, 4.69) is 0 Å². The zero-order valence-electron chi connectivity index (χ0n) is 13.7. The molecule has 1 heterocycles. The van der Waals surface area contributed by atoms with Gasteiger partial charge in [0.25, 0.3) is 0 Å². The van der Waals surface area contributed by atoms with Gasteiger partial charge in [0, 0.05) is 0 Å².